The summed E-state index contributed by atoms with van der Waals surface area (Å²) in [6.45, 7) is 3.55. The zero-order chi connectivity index (χ0) is 28.7. The van der Waals surface area contributed by atoms with Crippen LogP contribution >= 0.6 is 7.81 Å². The molecule has 0 spiro atoms. The van der Waals surface area contributed by atoms with Crippen LogP contribution in [-0.2, 0) is 4.74 Å². The van der Waals surface area contributed by atoms with Crippen molar-refractivity contribution >= 4 is 43.3 Å². The number of benzene rings is 3. The zero-order valence-electron chi connectivity index (χ0n) is 22.0. The van der Waals surface area contributed by atoms with E-state index in [1.165, 1.54) is 47.5 Å². The number of hydrogen-bond acceptors (Lipinski definition) is 3. The average molecular weight is 636 g/mol. The Hall–Kier alpha value is -2.58. The predicted octanol–water partition coefficient (Wildman–Crippen LogP) is 6.99. The summed E-state index contributed by atoms with van der Waals surface area (Å²) in [6, 6.07) is 23.0. The minimum atomic E-state index is -10.7. The van der Waals surface area contributed by atoms with E-state index in [4.69, 9.17) is 4.74 Å². The fraction of sp³-hybridized carbons (Fsp3) is 0.296. The van der Waals surface area contributed by atoms with Gasteiger partial charge in [-0.1, -0.05) is 0 Å². The van der Waals surface area contributed by atoms with E-state index in [2.05, 4.69) is 103 Å². The molecule has 4 nitrogen and oxygen atoms in total. The van der Waals surface area contributed by atoms with Crippen LogP contribution in [0, 0.1) is 0 Å². The number of rotatable bonds is 3. The Kier molecular flexibility index (Phi) is 7.62. The van der Waals surface area contributed by atoms with Gasteiger partial charge in [0.15, 0.2) is 0 Å². The van der Waals surface area contributed by atoms with Gasteiger partial charge in [0.2, 0.25) is 0 Å². The van der Waals surface area contributed by atoms with Crippen molar-refractivity contribution in [3.8, 4) is 21.1 Å². The molecule has 12 heteroatoms. The van der Waals surface area contributed by atoms with Crippen molar-refractivity contribution in [1.82, 2.24) is 4.58 Å². The molecular formula is C27H30F6N3OPSe. The molecule has 39 heavy (non-hydrogen) atoms. The molecule has 0 atom stereocenters. The van der Waals surface area contributed by atoms with Crippen molar-refractivity contribution in [3.63, 3.8) is 0 Å². The molecule has 0 unspecified atom stereocenters. The van der Waals surface area contributed by atoms with Crippen LogP contribution in [0.5, 0.6) is 0 Å². The fourth-order valence-corrected chi connectivity index (χ4v) is 6.82. The van der Waals surface area contributed by atoms with E-state index >= 15 is 0 Å². The summed E-state index contributed by atoms with van der Waals surface area (Å²) >= 11 is 0.278. The van der Waals surface area contributed by atoms with Gasteiger partial charge in [-0.15, -0.1) is 0 Å². The van der Waals surface area contributed by atoms with Crippen LogP contribution in [0.25, 0.3) is 30.8 Å². The van der Waals surface area contributed by atoms with Gasteiger partial charge in [-0.05, 0) is 0 Å². The second-order valence-electron chi connectivity index (χ2n) is 9.73. The Morgan fingerprint density at radius 1 is 0.846 bits per heavy atom. The zero-order valence-corrected chi connectivity index (χ0v) is 24.6. The van der Waals surface area contributed by atoms with E-state index in [1.54, 1.807) is 0 Å². The van der Waals surface area contributed by atoms with E-state index < -0.39 is 7.81 Å². The van der Waals surface area contributed by atoms with Crippen molar-refractivity contribution in [2.45, 2.75) is 0 Å². The topological polar surface area (TPSA) is 18.7 Å². The third-order valence-corrected chi connectivity index (χ3v) is 8.59. The first-order valence-electron chi connectivity index (χ1n) is 12.1. The first-order valence-corrected chi connectivity index (χ1v) is 15.9. The van der Waals surface area contributed by atoms with Gasteiger partial charge in [-0.3, -0.25) is 0 Å². The number of morpholine rings is 1. The van der Waals surface area contributed by atoms with Crippen LogP contribution in [0.4, 0.5) is 36.6 Å². The van der Waals surface area contributed by atoms with Crippen molar-refractivity contribution in [2.24, 2.45) is 0 Å². The number of halogens is 6. The summed E-state index contributed by atoms with van der Waals surface area (Å²) in [5, 5.41) is 2.64. The van der Waals surface area contributed by atoms with Crippen LogP contribution in [0.15, 0.2) is 60.7 Å². The summed E-state index contributed by atoms with van der Waals surface area (Å²) in [6.07, 6.45) is 0. The van der Waals surface area contributed by atoms with Crippen LogP contribution in [0.2, 0.25) is 0 Å². The molecule has 0 N–H and O–H groups in total. The van der Waals surface area contributed by atoms with Crippen molar-refractivity contribution < 1.29 is 29.9 Å². The Labute approximate surface area is 229 Å². The normalized spacial score (nSPS) is 15.8. The van der Waals surface area contributed by atoms with Crippen molar-refractivity contribution in [3.05, 3.63) is 66.0 Å². The van der Waals surface area contributed by atoms with Crippen LogP contribution < -0.4 is 19.7 Å². The van der Waals surface area contributed by atoms with Gasteiger partial charge in [0, 0.05) is 0 Å². The molecule has 2 heterocycles. The van der Waals surface area contributed by atoms with Gasteiger partial charge >= 0.3 is 229 Å². The van der Waals surface area contributed by atoms with Crippen molar-refractivity contribution in [2.75, 3.05) is 64.3 Å². The van der Waals surface area contributed by atoms with Gasteiger partial charge in [-0.25, -0.2) is 0 Å². The molecule has 0 radical (unpaired) electrons. The number of anilines is 2. The molecule has 2 aromatic rings. The minimum absolute atomic E-state index is 0.278. The molecule has 2 aromatic carbocycles. The van der Waals surface area contributed by atoms with Crippen LogP contribution in [0.3, 0.4) is 0 Å². The Morgan fingerprint density at radius 2 is 1.46 bits per heavy atom. The van der Waals surface area contributed by atoms with E-state index in [9.17, 15) is 25.2 Å². The second-order valence-corrected chi connectivity index (χ2v) is 13.9. The predicted molar refractivity (Wildman–Crippen MR) is 151 cm³/mol. The summed E-state index contributed by atoms with van der Waals surface area (Å²) in [7, 11) is -2.19. The maximum atomic E-state index is 9.87. The van der Waals surface area contributed by atoms with Gasteiger partial charge in [0.1, 0.15) is 0 Å². The van der Waals surface area contributed by atoms with Gasteiger partial charge in [0.25, 0.3) is 0 Å². The maximum absolute atomic E-state index is 10.7. The number of ether oxygens (including phenoxy) is 1. The molecule has 1 saturated heterocycles. The Bertz CT molecular complexity index is 1520. The number of nitrogens with zero attached hydrogens (tertiary/aromatic N) is 3. The molecule has 0 aromatic heterocycles. The third kappa shape index (κ3) is 8.21. The molecule has 5 rings (SSSR count). The van der Waals surface area contributed by atoms with E-state index in [-0.39, 0.29) is 14.5 Å². The average Bonchev–Trinajstić information content (AvgIpc) is 2.85. The first-order chi connectivity index (χ1) is 18.0. The van der Waals surface area contributed by atoms with E-state index in [0.717, 1.165) is 26.3 Å². The molecule has 1 aliphatic carbocycles. The third-order valence-electron chi connectivity index (χ3n) is 6.25. The Morgan fingerprint density at radius 3 is 2.03 bits per heavy atom. The number of fused-ring (bicyclic) bond motifs is 2. The fourth-order valence-electron chi connectivity index (χ4n) is 4.40. The molecule has 3 aliphatic rings. The SMILES string of the molecule is CN(C)c1ccc2c(-c3ccc(N4CCOCC4)cc3)c3ccc(=[N+](C)C)cc-3[se]c2c1.F[P-](F)(F)(F)(F)F. The summed E-state index contributed by atoms with van der Waals surface area (Å²) < 4.78 is 69.8. The quantitative estimate of drug-likeness (QED) is 0.0795. The summed E-state index contributed by atoms with van der Waals surface area (Å²) in [5.41, 5.74) is 6.56. The van der Waals surface area contributed by atoms with Crippen LogP contribution in [0.1, 0.15) is 0 Å². The van der Waals surface area contributed by atoms with E-state index in [0.29, 0.717) is 0 Å². The molecular weight excluding hydrogens is 606 g/mol. The standard InChI is InChI=1S/C27H30N3OSe.F6P/c1-28(2)21-9-11-23-25(17-21)32-26-18-22(29(3)4)10-12-24(26)27(23)19-5-7-20(8-6-19)30-13-15-31-16-14-30;1-7(2,3,4,5)6/h5-12,17-18H,13-16H2,1-4H3;/q+1;-1. The van der Waals surface area contributed by atoms with Gasteiger partial charge in [-0.2, -0.15) is 0 Å². The van der Waals surface area contributed by atoms with Gasteiger partial charge < -0.3 is 0 Å². The summed E-state index contributed by atoms with van der Waals surface area (Å²) in [4.78, 5) is 4.61. The molecule has 0 saturated carbocycles. The van der Waals surface area contributed by atoms with Crippen LogP contribution in [-0.4, -0.2) is 69.0 Å². The molecule has 0 amide bonds. The summed E-state index contributed by atoms with van der Waals surface area (Å²) in [5.74, 6) is 0. The van der Waals surface area contributed by atoms with Crippen molar-refractivity contribution in [1.29, 1.82) is 0 Å². The monoisotopic (exact) mass is 637 g/mol. The van der Waals surface area contributed by atoms with E-state index in [1.807, 2.05) is 0 Å². The Balaban J connectivity index is 0.000000448. The van der Waals surface area contributed by atoms with Gasteiger partial charge in [0.05, 0.1) is 0 Å². The molecule has 212 valence electrons. The second kappa shape index (κ2) is 10.1. The molecule has 2 aliphatic heterocycles. The molecule has 1 fully saturated rings. The number of hydrogen-bond donors (Lipinski definition) is 0. The molecule has 0 bridgehead atoms. The first kappa shape index (κ1) is 29.4.